The third kappa shape index (κ3) is 4.11. The van der Waals surface area contributed by atoms with Gasteiger partial charge in [-0.2, -0.15) is 5.10 Å². The van der Waals surface area contributed by atoms with Crippen molar-refractivity contribution in [1.82, 2.24) is 20.1 Å². The lowest BCUT2D eigenvalue weighted by Gasteiger charge is -2.12. The van der Waals surface area contributed by atoms with E-state index in [1.54, 1.807) is 18.2 Å². The van der Waals surface area contributed by atoms with E-state index in [4.69, 9.17) is 0 Å². The van der Waals surface area contributed by atoms with Crippen LogP contribution >= 0.6 is 0 Å². The molecule has 1 amide bonds. The van der Waals surface area contributed by atoms with E-state index in [-0.39, 0.29) is 30.2 Å². The largest absolute Gasteiger partial charge is 0.350 e. The van der Waals surface area contributed by atoms with Gasteiger partial charge in [-0.25, -0.2) is 14.1 Å². The summed E-state index contributed by atoms with van der Waals surface area (Å²) in [6.45, 7) is 6.24. The topological polar surface area (TPSA) is 59.8 Å². The summed E-state index contributed by atoms with van der Waals surface area (Å²) in [7, 11) is 0. The van der Waals surface area contributed by atoms with Gasteiger partial charge >= 0.3 is 0 Å². The van der Waals surface area contributed by atoms with Crippen molar-refractivity contribution < 1.29 is 9.18 Å². The molecule has 0 spiro atoms. The van der Waals surface area contributed by atoms with Crippen molar-refractivity contribution in [2.45, 2.75) is 39.3 Å². The maximum atomic E-state index is 13.4. The lowest BCUT2D eigenvalue weighted by atomic mass is 9.96. The number of halogens is 1. The zero-order valence-corrected chi connectivity index (χ0v) is 12.4. The standard InChI is InChI=1S/C15H19FN4O/c1-15(2,3)14-18-10-20(19-14)9-13(21)17-8-11-6-4-5-7-12(11)16/h4-7,10H,8-9H2,1-3H3,(H,17,21). The lowest BCUT2D eigenvalue weighted by molar-refractivity contribution is -0.122. The van der Waals surface area contributed by atoms with Gasteiger partial charge in [-0.15, -0.1) is 0 Å². The van der Waals surface area contributed by atoms with Crippen LogP contribution in [0.3, 0.4) is 0 Å². The number of hydrogen-bond acceptors (Lipinski definition) is 3. The molecule has 0 saturated carbocycles. The highest BCUT2D eigenvalue weighted by Gasteiger charge is 2.19. The zero-order chi connectivity index (χ0) is 15.5. The average molecular weight is 290 g/mol. The molecule has 0 fully saturated rings. The predicted molar refractivity (Wildman–Crippen MR) is 77.0 cm³/mol. The van der Waals surface area contributed by atoms with Gasteiger partial charge in [-0.1, -0.05) is 39.0 Å². The van der Waals surface area contributed by atoms with Crippen molar-refractivity contribution in [2.75, 3.05) is 0 Å². The van der Waals surface area contributed by atoms with Crippen molar-refractivity contribution >= 4 is 5.91 Å². The summed E-state index contributed by atoms with van der Waals surface area (Å²) < 4.78 is 14.9. The summed E-state index contributed by atoms with van der Waals surface area (Å²) >= 11 is 0. The molecule has 0 aliphatic rings. The van der Waals surface area contributed by atoms with Crippen LogP contribution in [0.5, 0.6) is 0 Å². The highest BCUT2D eigenvalue weighted by molar-refractivity contribution is 5.75. The van der Waals surface area contributed by atoms with Crippen LogP contribution in [0.1, 0.15) is 32.2 Å². The Balaban J connectivity index is 1.90. The molecule has 0 saturated heterocycles. The second kappa shape index (κ2) is 6.03. The molecular weight excluding hydrogens is 271 g/mol. The molecule has 0 aliphatic carbocycles. The lowest BCUT2D eigenvalue weighted by Crippen LogP contribution is -2.28. The van der Waals surface area contributed by atoms with Gasteiger partial charge in [0.1, 0.15) is 18.7 Å². The third-order valence-corrected chi connectivity index (χ3v) is 2.95. The maximum Gasteiger partial charge on any atom is 0.242 e. The van der Waals surface area contributed by atoms with Crippen LogP contribution in [0.2, 0.25) is 0 Å². The van der Waals surface area contributed by atoms with Crippen molar-refractivity contribution in [2.24, 2.45) is 0 Å². The molecule has 0 radical (unpaired) electrons. The molecule has 1 heterocycles. The van der Waals surface area contributed by atoms with E-state index >= 15 is 0 Å². The van der Waals surface area contributed by atoms with Crippen molar-refractivity contribution in [3.63, 3.8) is 0 Å². The summed E-state index contributed by atoms with van der Waals surface area (Å²) in [4.78, 5) is 16.0. The molecule has 1 aromatic carbocycles. The second-order valence-corrected chi connectivity index (χ2v) is 5.88. The molecule has 0 atom stereocenters. The Bertz CT molecular complexity index is 631. The molecule has 1 aromatic heterocycles. The van der Waals surface area contributed by atoms with Gasteiger partial charge in [0, 0.05) is 17.5 Å². The number of benzene rings is 1. The van der Waals surface area contributed by atoms with E-state index in [2.05, 4.69) is 15.4 Å². The van der Waals surface area contributed by atoms with Crippen LogP contribution in [0.25, 0.3) is 0 Å². The van der Waals surface area contributed by atoms with E-state index in [1.807, 2.05) is 20.8 Å². The minimum Gasteiger partial charge on any atom is -0.350 e. The molecule has 6 heteroatoms. The summed E-state index contributed by atoms with van der Waals surface area (Å²) in [6, 6.07) is 6.36. The van der Waals surface area contributed by atoms with Crippen LogP contribution in [-0.2, 0) is 23.3 Å². The molecule has 21 heavy (non-hydrogen) atoms. The van der Waals surface area contributed by atoms with E-state index in [9.17, 15) is 9.18 Å². The van der Waals surface area contributed by atoms with Crippen LogP contribution < -0.4 is 5.32 Å². The second-order valence-electron chi connectivity index (χ2n) is 5.88. The van der Waals surface area contributed by atoms with Crippen LogP contribution in [0.15, 0.2) is 30.6 Å². The molecule has 5 nitrogen and oxygen atoms in total. The Hall–Kier alpha value is -2.24. The van der Waals surface area contributed by atoms with E-state index in [0.29, 0.717) is 11.4 Å². The van der Waals surface area contributed by atoms with Crippen LogP contribution in [-0.4, -0.2) is 20.7 Å². The SMILES string of the molecule is CC(C)(C)c1ncn(CC(=O)NCc2ccccc2F)n1. The zero-order valence-electron chi connectivity index (χ0n) is 12.4. The number of hydrogen-bond donors (Lipinski definition) is 1. The van der Waals surface area contributed by atoms with Crippen molar-refractivity contribution in [3.05, 3.63) is 47.8 Å². The Morgan fingerprint density at radius 1 is 1.33 bits per heavy atom. The van der Waals surface area contributed by atoms with Crippen molar-refractivity contribution in [3.8, 4) is 0 Å². The van der Waals surface area contributed by atoms with Gasteiger partial charge in [0.15, 0.2) is 5.82 Å². The molecule has 0 unspecified atom stereocenters. The fourth-order valence-corrected chi connectivity index (χ4v) is 1.75. The summed E-state index contributed by atoms with van der Waals surface area (Å²) in [6.07, 6.45) is 1.53. The summed E-state index contributed by atoms with van der Waals surface area (Å²) in [5.74, 6) is 0.126. The fraction of sp³-hybridized carbons (Fsp3) is 0.400. The minimum atomic E-state index is -0.325. The first-order valence-corrected chi connectivity index (χ1v) is 6.76. The summed E-state index contributed by atoms with van der Waals surface area (Å²) in [5.41, 5.74) is 0.300. The van der Waals surface area contributed by atoms with Crippen LogP contribution in [0, 0.1) is 5.82 Å². The van der Waals surface area contributed by atoms with E-state index in [0.717, 1.165) is 0 Å². The Morgan fingerprint density at radius 3 is 2.67 bits per heavy atom. The van der Waals surface area contributed by atoms with E-state index < -0.39 is 0 Å². The van der Waals surface area contributed by atoms with Gasteiger partial charge in [-0.05, 0) is 6.07 Å². The van der Waals surface area contributed by atoms with E-state index in [1.165, 1.54) is 17.1 Å². The number of rotatable bonds is 4. The number of carbonyl (C=O) groups is 1. The maximum absolute atomic E-state index is 13.4. The van der Waals surface area contributed by atoms with Gasteiger partial charge < -0.3 is 5.32 Å². The molecule has 1 N–H and O–H groups in total. The first kappa shape index (κ1) is 15.2. The molecule has 112 valence electrons. The average Bonchev–Trinajstić information content (AvgIpc) is 2.86. The molecule has 0 aliphatic heterocycles. The molecular formula is C15H19FN4O. The Morgan fingerprint density at radius 2 is 2.05 bits per heavy atom. The highest BCUT2D eigenvalue weighted by atomic mass is 19.1. The molecule has 2 rings (SSSR count). The number of amides is 1. The van der Waals surface area contributed by atoms with Crippen LogP contribution in [0.4, 0.5) is 4.39 Å². The Labute approximate surface area is 123 Å². The first-order valence-electron chi connectivity index (χ1n) is 6.76. The number of nitrogens with zero attached hydrogens (tertiary/aromatic N) is 3. The number of nitrogens with one attached hydrogen (secondary N) is 1. The molecule has 0 bridgehead atoms. The monoisotopic (exact) mass is 290 g/mol. The third-order valence-electron chi connectivity index (χ3n) is 2.95. The van der Waals surface area contributed by atoms with Crippen molar-refractivity contribution in [1.29, 1.82) is 0 Å². The molecule has 2 aromatic rings. The fourth-order valence-electron chi connectivity index (χ4n) is 1.75. The van der Waals surface area contributed by atoms with Gasteiger partial charge in [0.05, 0.1) is 0 Å². The number of aromatic nitrogens is 3. The Kier molecular flexibility index (Phi) is 4.35. The first-order chi connectivity index (χ1) is 9.86. The number of carbonyl (C=O) groups excluding carboxylic acids is 1. The quantitative estimate of drug-likeness (QED) is 0.937. The normalized spacial score (nSPS) is 11.4. The smallest absolute Gasteiger partial charge is 0.242 e. The minimum absolute atomic E-state index is 0.0670. The van der Waals surface area contributed by atoms with Gasteiger partial charge in [0.25, 0.3) is 0 Å². The van der Waals surface area contributed by atoms with Gasteiger partial charge in [0.2, 0.25) is 5.91 Å². The predicted octanol–water partition coefficient (Wildman–Crippen LogP) is 2.03. The summed E-state index contributed by atoms with van der Waals surface area (Å²) in [5, 5.41) is 6.93. The van der Waals surface area contributed by atoms with Gasteiger partial charge in [-0.3, -0.25) is 4.79 Å². The highest BCUT2D eigenvalue weighted by Crippen LogP contribution is 2.16.